The summed E-state index contributed by atoms with van der Waals surface area (Å²) in [7, 11) is -2.03. The number of hydrogen-bond acceptors (Lipinski definition) is 6. The zero-order valence-corrected chi connectivity index (χ0v) is 9.19. The summed E-state index contributed by atoms with van der Waals surface area (Å²) in [4.78, 5) is 0.257. The first-order valence-electron chi connectivity index (χ1n) is 4.59. The maximum Gasteiger partial charge on any atom is 0.268 e. The van der Waals surface area contributed by atoms with Crippen LogP contribution in [-0.4, -0.2) is 25.7 Å². The summed E-state index contributed by atoms with van der Waals surface area (Å²) in [6.07, 6.45) is 0. The van der Waals surface area contributed by atoms with Gasteiger partial charge in [0.15, 0.2) is 0 Å². The summed E-state index contributed by atoms with van der Waals surface area (Å²) >= 11 is 0. The molecule has 1 aromatic carbocycles. The summed E-state index contributed by atoms with van der Waals surface area (Å²) < 4.78 is 25.3. The zero-order valence-electron chi connectivity index (χ0n) is 8.38. The third-order valence-electron chi connectivity index (χ3n) is 2.54. The molecule has 0 saturated heterocycles. The molecule has 0 atom stereocenters. The highest BCUT2D eigenvalue weighted by Gasteiger charge is 2.39. The Bertz CT molecular complexity index is 582. The molecule has 0 aromatic heterocycles. The van der Waals surface area contributed by atoms with E-state index in [9.17, 15) is 8.42 Å². The minimum absolute atomic E-state index is 0.257. The van der Waals surface area contributed by atoms with Crippen LogP contribution in [0.1, 0.15) is 0 Å². The van der Waals surface area contributed by atoms with Gasteiger partial charge in [-0.2, -0.15) is 0 Å². The molecule has 2 aliphatic rings. The van der Waals surface area contributed by atoms with Crippen molar-refractivity contribution in [1.29, 1.82) is 0 Å². The van der Waals surface area contributed by atoms with E-state index in [4.69, 9.17) is 0 Å². The summed E-state index contributed by atoms with van der Waals surface area (Å²) in [5.41, 5.74) is 5.85. The van der Waals surface area contributed by atoms with Crippen LogP contribution in [0, 0.1) is 0 Å². The molecule has 84 valence electrons. The van der Waals surface area contributed by atoms with Gasteiger partial charge in [0, 0.05) is 7.05 Å². The van der Waals surface area contributed by atoms with Crippen molar-refractivity contribution in [1.82, 2.24) is 15.4 Å². The number of benzene rings is 1. The van der Waals surface area contributed by atoms with Crippen molar-refractivity contribution in [3.8, 4) is 0 Å². The molecule has 0 spiro atoms. The summed E-state index contributed by atoms with van der Waals surface area (Å²) in [5, 5.41) is 5.44. The molecular formula is C8H9N5O2S. The van der Waals surface area contributed by atoms with Crippen molar-refractivity contribution in [2.45, 2.75) is 4.90 Å². The molecule has 0 unspecified atom stereocenters. The molecule has 0 saturated carbocycles. The fourth-order valence-corrected chi connectivity index (χ4v) is 3.03. The number of anilines is 1. The highest BCUT2D eigenvalue weighted by Crippen LogP contribution is 2.32. The van der Waals surface area contributed by atoms with Crippen LogP contribution in [0.4, 0.5) is 5.69 Å². The Kier molecular flexibility index (Phi) is 1.69. The molecule has 0 amide bonds. The minimum Gasteiger partial charge on any atom is -0.236 e. The molecule has 2 heterocycles. The average Bonchev–Trinajstić information content (AvgIpc) is 2.75. The van der Waals surface area contributed by atoms with Gasteiger partial charge in [-0.15, -0.1) is 10.6 Å². The molecule has 0 aliphatic carbocycles. The van der Waals surface area contributed by atoms with Gasteiger partial charge in [0.25, 0.3) is 16.0 Å². The van der Waals surface area contributed by atoms with Gasteiger partial charge in [0.2, 0.25) is 0 Å². The van der Waals surface area contributed by atoms with Gasteiger partial charge in [0.1, 0.15) is 4.90 Å². The van der Waals surface area contributed by atoms with Crippen molar-refractivity contribution in [3.05, 3.63) is 24.3 Å². The molecule has 0 bridgehead atoms. The van der Waals surface area contributed by atoms with Crippen molar-refractivity contribution in [2.24, 2.45) is 5.10 Å². The Morgan fingerprint density at radius 3 is 2.88 bits per heavy atom. The number of hydrazone groups is 1. The van der Waals surface area contributed by atoms with Crippen molar-refractivity contribution in [2.75, 3.05) is 12.1 Å². The Labute approximate surface area is 92.3 Å². The first kappa shape index (κ1) is 9.43. The summed E-state index contributed by atoms with van der Waals surface area (Å²) in [6, 6.07) is 6.75. The van der Waals surface area contributed by atoms with Crippen molar-refractivity contribution >= 4 is 21.7 Å². The number of hydrogen-bond donors (Lipinski definition) is 2. The predicted octanol–water partition coefficient (Wildman–Crippen LogP) is -0.579. The Morgan fingerprint density at radius 1 is 1.31 bits per heavy atom. The maximum atomic E-state index is 12.1. The molecular weight excluding hydrogens is 230 g/mol. The smallest absolute Gasteiger partial charge is 0.236 e. The number of sulfonamides is 1. The second-order valence-corrected chi connectivity index (χ2v) is 5.35. The summed E-state index contributed by atoms with van der Waals surface area (Å²) in [6.45, 7) is 0. The van der Waals surface area contributed by atoms with E-state index in [1.807, 2.05) is 0 Å². The molecule has 1 aromatic rings. The molecule has 2 N–H and O–H groups in total. The third-order valence-corrected chi connectivity index (χ3v) is 4.33. The van der Waals surface area contributed by atoms with Gasteiger partial charge in [0.05, 0.1) is 5.69 Å². The lowest BCUT2D eigenvalue weighted by atomic mass is 10.3. The molecule has 7 nitrogen and oxygen atoms in total. The van der Waals surface area contributed by atoms with Gasteiger partial charge in [-0.3, -0.25) is 0 Å². The standard InChI is InChI=1S/C8H9N5O2S/c1-12-8-9-10-11-13(8)6-4-2-3-5-7(6)16(12,14)15/h2-5,10-11H,1H3. The predicted molar refractivity (Wildman–Crippen MR) is 57.6 cm³/mol. The van der Waals surface area contributed by atoms with Crippen LogP contribution in [-0.2, 0) is 10.0 Å². The van der Waals surface area contributed by atoms with E-state index in [1.54, 1.807) is 29.3 Å². The SMILES string of the molecule is CN1C2=NNNN2c2ccccc2S1(=O)=O. The van der Waals surface area contributed by atoms with E-state index in [-0.39, 0.29) is 4.90 Å². The monoisotopic (exact) mass is 239 g/mol. The Balaban J connectivity index is 2.33. The fraction of sp³-hybridized carbons (Fsp3) is 0.125. The molecule has 8 heteroatoms. The van der Waals surface area contributed by atoms with Crippen LogP contribution >= 0.6 is 0 Å². The van der Waals surface area contributed by atoms with Crippen LogP contribution in [0.15, 0.2) is 34.3 Å². The molecule has 2 aliphatic heterocycles. The number of fused-ring (bicyclic) bond motifs is 3. The lowest BCUT2D eigenvalue weighted by Gasteiger charge is -2.32. The topological polar surface area (TPSA) is 77.0 Å². The Morgan fingerprint density at radius 2 is 2.06 bits per heavy atom. The number of para-hydroxylation sites is 1. The Hall–Kier alpha value is -1.80. The van der Waals surface area contributed by atoms with Crippen LogP contribution in [0.5, 0.6) is 0 Å². The number of nitrogens with zero attached hydrogens (tertiary/aromatic N) is 3. The van der Waals surface area contributed by atoms with Gasteiger partial charge in [-0.1, -0.05) is 12.1 Å². The van der Waals surface area contributed by atoms with Gasteiger partial charge < -0.3 is 0 Å². The highest BCUT2D eigenvalue weighted by atomic mass is 32.2. The number of guanidine groups is 1. The van der Waals surface area contributed by atoms with Crippen LogP contribution in [0.2, 0.25) is 0 Å². The molecule has 3 rings (SSSR count). The van der Waals surface area contributed by atoms with E-state index >= 15 is 0 Å². The third kappa shape index (κ3) is 0.996. The summed E-state index contributed by atoms with van der Waals surface area (Å²) in [5.74, 6) is 0.304. The van der Waals surface area contributed by atoms with Crippen molar-refractivity contribution in [3.63, 3.8) is 0 Å². The van der Waals surface area contributed by atoms with E-state index in [1.165, 1.54) is 7.05 Å². The van der Waals surface area contributed by atoms with E-state index in [0.717, 1.165) is 4.31 Å². The van der Waals surface area contributed by atoms with Gasteiger partial charge >= 0.3 is 0 Å². The molecule has 0 fully saturated rings. The average molecular weight is 239 g/mol. The second-order valence-electron chi connectivity index (χ2n) is 3.41. The van der Waals surface area contributed by atoms with Crippen LogP contribution < -0.4 is 16.1 Å². The number of rotatable bonds is 0. The van der Waals surface area contributed by atoms with Crippen LogP contribution in [0.3, 0.4) is 0 Å². The largest absolute Gasteiger partial charge is 0.268 e. The highest BCUT2D eigenvalue weighted by molar-refractivity contribution is 7.90. The van der Waals surface area contributed by atoms with Gasteiger partial charge in [-0.05, 0) is 12.1 Å². The van der Waals surface area contributed by atoms with E-state index in [0.29, 0.717) is 11.6 Å². The minimum atomic E-state index is -3.49. The first-order chi connectivity index (χ1) is 7.62. The van der Waals surface area contributed by atoms with Gasteiger partial charge in [-0.25, -0.2) is 23.3 Å². The molecule has 0 radical (unpaired) electrons. The fourth-order valence-electron chi connectivity index (χ4n) is 1.72. The first-order valence-corrected chi connectivity index (χ1v) is 6.03. The molecule has 16 heavy (non-hydrogen) atoms. The normalized spacial score (nSPS) is 20.9. The lowest BCUT2D eigenvalue weighted by Crippen LogP contribution is -2.52. The zero-order chi connectivity index (χ0) is 11.3. The van der Waals surface area contributed by atoms with E-state index < -0.39 is 10.0 Å². The second kappa shape index (κ2) is 2.86. The van der Waals surface area contributed by atoms with E-state index in [2.05, 4.69) is 16.2 Å². The lowest BCUT2D eigenvalue weighted by molar-refractivity contribution is 0.542. The number of nitrogens with one attached hydrogen (secondary N) is 2. The quantitative estimate of drug-likeness (QED) is 0.633. The number of hydrazine groups is 2. The van der Waals surface area contributed by atoms with Crippen molar-refractivity contribution < 1.29 is 8.42 Å². The van der Waals surface area contributed by atoms with Crippen LogP contribution in [0.25, 0.3) is 0 Å². The maximum absolute atomic E-state index is 12.1.